The highest BCUT2D eigenvalue weighted by Gasteiger charge is 2.36. The molecule has 0 atom stereocenters. The summed E-state index contributed by atoms with van der Waals surface area (Å²) in [6.45, 7) is 6.00. The van der Waals surface area contributed by atoms with E-state index in [2.05, 4.69) is 0 Å². The summed E-state index contributed by atoms with van der Waals surface area (Å²) in [5.74, 6) is 1.34. The van der Waals surface area contributed by atoms with E-state index in [0.717, 1.165) is 27.8 Å². The molecule has 0 saturated heterocycles. The number of nitrogens with two attached hydrogens (primary N) is 3. The Hall–Kier alpha value is -2.04. The summed E-state index contributed by atoms with van der Waals surface area (Å²) in [6.07, 6.45) is 0. The summed E-state index contributed by atoms with van der Waals surface area (Å²) in [5.41, 5.74) is 23.1. The predicted molar refractivity (Wildman–Crippen MR) is 80.7 cm³/mol. The van der Waals surface area contributed by atoms with Crippen molar-refractivity contribution in [3.8, 4) is 11.5 Å². The van der Waals surface area contributed by atoms with Crippen LogP contribution in [-0.2, 0) is 5.66 Å². The molecular formula is C16H19N3O. The number of fused-ring (bicyclic) bond motifs is 2. The fourth-order valence-corrected chi connectivity index (χ4v) is 2.57. The van der Waals surface area contributed by atoms with E-state index in [4.69, 9.17) is 21.9 Å². The number of nitrogen functional groups attached to an aromatic ring is 1. The normalized spacial score (nSPS) is 15.2. The van der Waals surface area contributed by atoms with Crippen molar-refractivity contribution in [3.63, 3.8) is 0 Å². The minimum absolute atomic E-state index is 0.633. The van der Waals surface area contributed by atoms with Crippen LogP contribution >= 0.6 is 0 Å². The van der Waals surface area contributed by atoms with E-state index in [9.17, 15) is 0 Å². The van der Waals surface area contributed by atoms with Crippen molar-refractivity contribution < 1.29 is 4.74 Å². The lowest BCUT2D eigenvalue weighted by atomic mass is 9.86. The second kappa shape index (κ2) is 3.98. The minimum Gasteiger partial charge on any atom is -0.456 e. The Balaban J connectivity index is 2.28. The zero-order valence-corrected chi connectivity index (χ0v) is 11.9. The van der Waals surface area contributed by atoms with Gasteiger partial charge < -0.3 is 21.9 Å². The van der Waals surface area contributed by atoms with Crippen LogP contribution in [0.15, 0.2) is 24.3 Å². The lowest BCUT2D eigenvalue weighted by Crippen LogP contribution is -2.49. The standard InChI is InChI=1S/C16H19N3O/c1-8-4-11-14(6-9(8)2)20-15-7-13(17)10(3)5-12(15)16(11,18)19/h4-7H,17-19H2,1-3H3. The van der Waals surface area contributed by atoms with Crippen LogP contribution in [0.2, 0.25) is 0 Å². The molecule has 0 unspecified atom stereocenters. The van der Waals surface area contributed by atoms with Crippen LogP contribution in [0.25, 0.3) is 0 Å². The molecule has 1 heterocycles. The molecule has 0 radical (unpaired) electrons. The molecule has 0 saturated carbocycles. The third-order valence-corrected chi connectivity index (χ3v) is 4.08. The second-order valence-electron chi connectivity index (χ2n) is 5.61. The molecule has 20 heavy (non-hydrogen) atoms. The Labute approximate surface area is 118 Å². The zero-order valence-electron chi connectivity index (χ0n) is 11.9. The first-order chi connectivity index (χ1) is 9.30. The monoisotopic (exact) mass is 269 g/mol. The van der Waals surface area contributed by atoms with Crippen LogP contribution in [0.1, 0.15) is 27.8 Å². The molecule has 4 nitrogen and oxygen atoms in total. The first kappa shape index (κ1) is 13.0. The maximum absolute atomic E-state index is 6.40. The highest BCUT2D eigenvalue weighted by atomic mass is 16.5. The number of ether oxygens (including phenoxy) is 1. The molecule has 0 spiro atoms. The lowest BCUT2D eigenvalue weighted by molar-refractivity contribution is 0.401. The molecule has 0 aliphatic carbocycles. The van der Waals surface area contributed by atoms with E-state index in [0.29, 0.717) is 17.2 Å². The largest absolute Gasteiger partial charge is 0.456 e. The third-order valence-electron chi connectivity index (χ3n) is 4.08. The van der Waals surface area contributed by atoms with E-state index in [1.165, 1.54) is 0 Å². The van der Waals surface area contributed by atoms with E-state index in [1.54, 1.807) is 6.07 Å². The Bertz CT molecular complexity index is 661. The van der Waals surface area contributed by atoms with Crippen molar-refractivity contribution >= 4 is 5.69 Å². The van der Waals surface area contributed by atoms with Gasteiger partial charge in [0.05, 0.1) is 0 Å². The van der Waals surface area contributed by atoms with Crippen LogP contribution in [-0.4, -0.2) is 0 Å². The van der Waals surface area contributed by atoms with Gasteiger partial charge in [-0.15, -0.1) is 0 Å². The molecule has 3 rings (SSSR count). The maximum Gasteiger partial charge on any atom is 0.136 e. The summed E-state index contributed by atoms with van der Waals surface area (Å²) in [7, 11) is 0. The number of rotatable bonds is 0. The lowest BCUT2D eigenvalue weighted by Gasteiger charge is -2.35. The fourth-order valence-electron chi connectivity index (χ4n) is 2.57. The van der Waals surface area contributed by atoms with Gasteiger partial charge in [-0.2, -0.15) is 0 Å². The molecule has 0 aromatic heterocycles. The Kier molecular flexibility index (Phi) is 2.58. The van der Waals surface area contributed by atoms with E-state index < -0.39 is 5.66 Å². The van der Waals surface area contributed by atoms with Crippen molar-refractivity contribution in [2.75, 3.05) is 5.73 Å². The zero-order chi connectivity index (χ0) is 14.7. The molecular weight excluding hydrogens is 250 g/mol. The molecule has 2 aromatic rings. The average Bonchev–Trinajstić information content (AvgIpc) is 2.35. The summed E-state index contributed by atoms with van der Waals surface area (Å²) in [4.78, 5) is 0. The molecule has 0 amide bonds. The SMILES string of the molecule is Cc1cc2c(cc1C)C(N)(N)c1cc(C)c(N)cc1O2. The maximum atomic E-state index is 6.40. The first-order valence-corrected chi connectivity index (χ1v) is 6.58. The third kappa shape index (κ3) is 1.69. The molecule has 104 valence electrons. The molecule has 1 aliphatic rings. The van der Waals surface area contributed by atoms with Crippen molar-refractivity contribution in [3.05, 3.63) is 52.1 Å². The number of hydrogen-bond acceptors (Lipinski definition) is 4. The average molecular weight is 269 g/mol. The quantitative estimate of drug-likeness (QED) is 0.506. The van der Waals surface area contributed by atoms with Gasteiger partial charge in [-0.1, -0.05) is 0 Å². The van der Waals surface area contributed by atoms with Crippen molar-refractivity contribution in [1.82, 2.24) is 0 Å². The van der Waals surface area contributed by atoms with Crippen LogP contribution < -0.4 is 21.9 Å². The van der Waals surface area contributed by atoms with E-state index in [-0.39, 0.29) is 0 Å². The van der Waals surface area contributed by atoms with Gasteiger partial charge in [0.25, 0.3) is 0 Å². The van der Waals surface area contributed by atoms with Gasteiger partial charge in [-0.3, -0.25) is 0 Å². The van der Waals surface area contributed by atoms with Crippen LogP contribution in [0.3, 0.4) is 0 Å². The summed E-state index contributed by atoms with van der Waals surface area (Å²) in [5, 5.41) is 0. The highest BCUT2D eigenvalue weighted by molar-refractivity contribution is 5.63. The van der Waals surface area contributed by atoms with Crippen LogP contribution in [0, 0.1) is 20.8 Å². The molecule has 0 bridgehead atoms. The summed E-state index contributed by atoms with van der Waals surface area (Å²) < 4.78 is 5.94. The first-order valence-electron chi connectivity index (χ1n) is 6.58. The van der Waals surface area contributed by atoms with Gasteiger partial charge in [0.1, 0.15) is 17.2 Å². The molecule has 0 fully saturated rings. The number of anilines is 1. The number of hydrogen-bond donors (Lipinski definition) is 3. The second-order valence-corrected chi connectivity index (χ2v) is 5.61. The molecule has 1 aliphatic heterocycles. The Morgan fingerprint density at radius 3 is 1.95 bits per heavy atom. The number of benzene rings is 2. The van der Waals surface area contributed by atoms with Gasteiger partial charge in [-0.25, -0.2) is 0 Å². The van der Waals surface area contributed by atoms with Gasteiger partial charge in [0.2, 0.25) is 0 Å². The van der Waals surface area contributed by atoms with Gasteiger partial charge >= 0.3 is 0 Å². The van der Waals surface area contributed by atoms with Crippen LogP contribution in [0.5, 0.6) is 11.5 Å². The molecule has 6 N–H and O–H groups in total. The van der Waals surface area contributed by atoms with Gasteiger partial charge in [-0.05, 0) is 55.7 Å². The summed E-state index contributed by atoms with van der Waals surface area (Å²) in [6, 6.07) is 7.66. The Morgan fingerprint density at radius 1 is 0.800 bits per heavy atom. The van der Waals surface area contributed by atoms with Crippen molar-refractivity contribution in [2.45, 2.75) is 26.4 Å². The van der Waals surface area contributed by atoms with Crippen molar-refractivity contribution in [2.24, 2.45) is 11.5 Å². The van der Waals surface area contributed by atoms with E-state index >= 15 is 0 Å². The minimum atomic E-state index is -1.07. The van der Waals surface area contributed by atoms with Gasteiger partial charge in [0.15, 0.2) is 0 Å². The molecule has 4 heteroatoms. The Morgan fingerprint density at radius 2 is 1.30 bits per heavy atom. The summed E-state index contributed by atoms with van der Waals surface area (Å²) >= 11 is 0. The number of aryl methyl sites for hydroxylation is 3. The predicted octanol–water partition coefficient (Wildman–Crippen LogP) is 2.42. The fraction of sp³-hybridized carbons (Fsp3) is 0.250. The highest BCUT2D eigenvalue weighted by Crippen LogP contribution is 2.45. The van der Waals surface area contributed by atoms with Crippen molar-refractivity contribution in [1.29, 1.82) is 0 Å². The molecule has 2 aromatic carbocycles. The van der Waals surface area contributed by atoms with Crippen LogP contribution in [0.4, 0.5) is 5.69 Å². The smallest absolute Gasteiger partial charge is 0.136 e. The topological polar surface area (TPSA) is 87.3 Å². The van der Waals surface area contributed by atoms with E-state index in [1.807, 2.05) is 39.0 Å². The van der Waals surface area contributed by atoms with Gasteiger partial charge in [0, 0.05) is 22.9 Å².